The number of aliphatic imine (C=N–C) groups is 1. The normalized spacial score (nSPS) is 12.9. The van der Waals surface area contributed by atoms with Gasteiger partial charge in [-0.15, -0.1) is 11.3 Å². The summed E-state index contributed by atoms with van der Waals surface area (Å²) in [6, 6.07) is 6.07. The van der Waals surface area contributed by atoms with Crippen LogP contribution < -0.4 is 15.4 Å². The molecule has 1 aromatic carbocycles. The summed E-state index contributed by atoms with van der Waals surface area (Å²) in [5.74, 6) is 0.276. The van der Waals surface area contributed by atoms with Crippen LogP contribution in [0.2, 0.25) is 15.1 Å². The van der Waals surface area contributed by atoms with Crippen molar-refractivity contribution in [3.63, 3.8) is 0 Å². The average molecular weight is 583 g/mol. The van der Waals surface area contributed by atoms with Gasteiger partial charge in [-0.2, -0.15) is 0 Å². The van der Waals surface area contributed by atoms with Crippen LogP contribution in [0.15, 0.2) is 40.8 Å². The fourth-order valence-corrected chi connectivity index (χ4v) is 5.23. The zero-order chi connectivity index (χ0) is 26.5. The molecule has 0 saturated carbocycles. The first kappa shape index (κ1) is 27.2. The van der Waals surface area contributed by atoms with Gasteiger partial charge in [0.25, 0.3) is 11.8 Å². The van der Waals surface area contributed by atoms with Gasteiger partial charge in [-0.05, 0) is 23.6 Å². The van der Waals surface area contributed by atoms with E-state index in [0.29, 0.717) is 34.6 Å². The first-order valence-corrected chi connectivity index (χ1v) is 13.0. The summed E-state index contributed by atoms with van der Waals surface area (Å²) in [5, 5.41) is 8.27. The number of carbonyl (C=O) groups excluding carboxylic acids is 2. The SMILES string of the molecule is COCC1=NCCN1Cc1csc(C(=O)Nc2c(OC)cc(Cl)cc2C(=O)Nc2ccc(Cl)cn2)c1Cl. The molecule has 1 aliphatic heterocycles. The monoisotopic (exact) mass is 581 g/mol. The molecule has 0 bridgehead atoms. The minimum absolute atomic E-state index is 0.0832. The first-order chi connectivity index (χ1) is 17.8. The molecule has 0 unspecified atom stereocenters. The van der Waals surface area contributed by atoms with E-state index < -0.39 is 11.8 Å². The fourth-order valence-electron chi connectivity index (χ4n) is 3.66. The Balaban J connectivity index is 1.57. The molecule has 3 heterocycles. The van der Waals surface area contributed by atoms with E-state index in [1.54, 1.807) is 19.2 Å². The minimum Gasteiger partial charge on any atom is -0.494 e. The van der Waals surface area contributed by atoms with Crippen molar-refractivity contribution in [2.45, 2.75) is 6.54 Å². The van der Waals surface area contributed by atoms with Crippen molar-refractivity contribution in [2.75, 3.05) is 44.5 Å². The number of hydrogen-bond donors (Lipinski definition) is 2. The van der Waals surface area contributed by atoms with E-state index in [1.165, 1.54) is 36.8 Å². The van der Waals surface area contributed by atoms with Crippen molar-refractivity contribution in [3.05, 3.63) is 66.9 Å². The zero-order valence-corrected chi connectivity index (χ0v) is 22.9. The molecule has 1 aliphatic rings. The average Bonchev–Trinajstić information content (AvgIpc) is 3.47. The lowest BCUT2D eigenvalue weighted by atomic mass is 10.1. The van der Waals surface area contributed by atoms with Gasteiger partial charge in [0.15, 0.2) is 0 Å². The Hall–Kier alpha value is -2.89. The molecule has 2 amide bonds. The maximum atomic E-state index is 13.3. The number of pyridine rings is 1. The maximum absolute atomic E-state index is 13.3. The summed E-state index contributed by atoms with van der Waals surface area (Å²) in [4.78, 5) is 37.3. The Bertz CT molecular complexity index is 1350. The van der Waals surface area contributed by atoms with Gasteiger partial charge in [0.05, 0.1) is 35.0 Å². The number of methoxy groups -OCH3 is 2. The number of hydrogen-bond acceptors (Lipinski definition) is 8. The van der Waals surface area contributed by atoms with Crippen LogP contribution in [-0.4, -0.2) is 61.4 Å². The Morgan fingerprint density at radius 1 is 1.11 bits per heavy atom. The number of nitrogens with one attached hydrogen (secondary N) is 2. The van der Waals surface area contributed by atoms with Crippen molar-refractivity contribution in [1.82, 2.24) is 9.88 Å². The molecule has 0 atom stereocenters. The third-order valence-electron chi connectivity index (χ3n) is 5.41. The van der Waals surface area contributed by atoms with Gasteiger partial charge in [0.2, 0.25) is 0 Å². The Morgan fingerprint density at radius 3 is 2.62 bits per heavy atom. The largest absolute Gasteiger partial charge is 0.494 e. The number of nitrogens with zero attached hydrogens (tertiary/aromatic N) is 3. The van der Waals surface area contributed by atoms with Crippen LogP contribution in [0, 0.1) is 0 Å². The number of aromatic nitrogens is 1. The van der Waals surface area contributed by atoms with Crippen LogP contribution in [0.1, 0.15) is 25.6 Å². The lowest BCUT2D eigenvalue weighted by Crippen LogP contribution is -2.30. The number of ether oxygens (including phenoxy) is 2. The minimum atomic E-state index is -0.553. The van der Waals surface area contributed by atoms with Gasteiger partial charge in [-0.3, -0.25) is 14.6 Å². The van der Waals surface area contributed by atoms with Crippen LogP contribution in [0.3, 0.4) is 0 Å². The number of amides is 2. The van der Waals surface area contributed by atoms with E-state index >= 15 is 0 Å². The molecule has 37 heavy (non-hydrogen) atoms. The molecule has 0 saturated heterocycles. The van der Waals surface area contributed by atoms with Crippen molar-refractivity contribution < 1.29 is 19.1 Å². The van der Waals surface area contributed by atoms with Gasteiger partial charge in [-0.25, -0.2) is 4.98 Å². The highest BCUT2D eigenvalue weighted by atomic mass is 35.5. The summed E-state index contributed by atoms with van der Waals surface area (Å²) < 4.78 is 10.6. The summed E-state index contributed by atoms with van der Waals surface area (Å²) in [5.41, 5.74) is 1.01. The highest BCUT2D eigenvalue weighted by Crippen LogP contribution is 2.35. The Morgan fingerprint density at radius 2 is 1.92 bits per heavy atom. The fraction of sp³-hybridized carbons (Fsp3) is 0.250. The van der Waals surface area contributed by atoms with E-state index in [4.69, 9.17) is 44.3 Å². The summed E-state index contributed by atoms with van der Waals surface area (Å²) >= 11 is 19.9. The molecule has 0 radical (unpaired) electrons. The Kier molecular flexibility index (Phi) is 8.88. The van der Waals surface area contributed by atoms with E-state index in [2.05, 4.69) is 25.5 Å². The smallest absolute Gasteiger partial charge is 0.267 e. The molecule has 194 valence electrons. The molecule has 3 aromatic rings. The number of carbonyl (C=O) groups is 2. The van der Waals surface area contributed by atoms with Crippen LogP contribution in [-0.2, 0) is 11.3 Å². The molecular weight excluding hydrogens is 561 g/mol. The number of anilines is 2. The van der Waals surface area contributed by atoms with E-state index in [1.807, 2.05) is 5.38 Å². The van der Waals surface area contributed by atoms with Crippen LogP contribution in [0.25, 0.3) is 0 Å². The highest BCUT2D eigenvalue weighted by molar-refractivity contribution is 7.13. The molecule has 4 rings (SSSR count). The molecule has 9 nitrogen and oxygen atoms in total. The number of halogens is 3. The second-order valence-electron chi connectivity index (χ2n) is 7.86. The summed E-state index contributed by atoms with van der Waals surface area (Å²) in [7, 11) is 3.03. The molecule has 0 spiro atoms. The van der Waals surface area contributed by atoms with Gasteiger partial charge < -0.3 is 25.0 Å². The number of thiophene rings is 1. The second kappa shape index (κ2) is 12.1. The van der Waals surface area contributed by atoms with Crippen molar-refractivity contribution in [3.8, 4) is 5.75 Å². The van der Waals surface area contributed by atoms with E-state index in [0.717, 1.165) is 17.9 Å². The van der Waals surface area contributed by atoms with E-state index in [9.17, 15) is 9.59 Å². The lowest BCUT2D eigenvalue weighted by molar-refractivity contribution is 0.102. The number of benzene rings is 1. The van der Waals surface area contributed by atoms with E-state index in [-0.39, 0.29) is 27.8 Å². The predicted octanol–water partition coefficient (Wildman–Crippen LogP) is 5.48. The third-order valence-corrected chi connectivity index (χ3v) is 7.42. The van der Waals surface area contributed by atoms with Crippen LogP contribution in [0.5, 0.6) is 5.75 Å². The number of rotatable bonds is 9. The summed E-state index contributed by atoms with van der Waals surface area (Å²) in [6.45, 7) is 2.33. The van der Waals surface area contributed by atoms with Crippen LogP contribution in [0.4, 0.5) is 11.5 Å². The predicted molar refractivity (Wildman–Crippen MR) is 147 cm³/mol. The lowest BCUT2D eigenvalue weighted by Gasteiger charge is -2.19. The van der Waals surface area contributed by atoms with Gasteiger partial charge in [0, 0.05) is 43.0 Å². The topological polar surface area (TPSA) is 105 Å². The van der Waals surface area contributed by atoms with Crippen molar-refractivity contribution in [2.24, 2.45) is 4.99 Å². The molecule has 0 fully saturated rings. The molecule has 13 heteroatoms. The van der Waals surface area contributed by atoms with Gasteiger partial charge >= 0.3 is 0 Å². The van der Waals surface area contributed by atoms with Crippen molar-refractivity contribution in [1.29, 1.82) is 0 Å². The van der Waals surface area contributed by atoms with Crippen molar-refractivity contribution >= 4 is 75.3 Å². The molecule has 0 aliphatic carbocycles. The standard InChI is InChI=1S/C24H22Cl3N5O4S/c1-35-11-19-28-5-6-32(19)10-13-12-37-22(20(13)27)24(34)31-21-16(7-15(26)8-17(21)36-2)23(33)30-18-4-3-14(25)9-29-18/h3-4,7-9,12H,5-6,10-11H2,1-2H3,(H,31,34)(H,29,30,33). The first-order valence-electron chi connectivity index (χ1n) is 11.0. The zero-order valence-electron chi connectivity index (χ0n) is 19.8. The van der Waals surface area contributed by atoms with Gasteiger partial charge in [0.1, 0.15) is 28.9 Å². The molecule has 2 aromatic heterocycles. The second-order valence-corrected chi connectivity index (χ2v) is 9.99. The Labute approximate surface area is 232 Å². The summed E-state index contributed by atoms with van der Waals surface area (Å²) in [6.07, 6.45) is 1.40. The molecule has 2 N–H and O–H groups in total. The van der Waals surface area contributed by atoms with Crippen LogP contribution >= 0.6 is 46.1 Å². The maximum Gasteiger partial charge on any atom is 0.267 e. The number of amidine groups is 1. The third kappa shape index (κ3) is 6.34. The highest BCUT2D eigenvalue weighted by Gasteiger charge is 2.25. The quantitative estimate of drug-likeness (QED) is 0.346. The molecular formula is C24H22Cl3N5O4S. The van der Waals surface area contributed by atoms with Gasteiger partial charge in [-0.1, -0.05) is 34.8 Å².